The van der Waals surface area contributed by atoms with Crippen molar-refractivity contribution in [3.05, 3.63) is 194 Å². The Kier molecular flexibility index (Phi) is 6.86. The van der Waals surface area contributed by atoms with Gasteiger partial charge in [0, 0.05) is 33.7 Å². The first kappa shape index (κ1) is 30.4. The van der Waals surface area contributed by atoms with E-state index in [-0.39, 0.29) is 0 Å². The number of anilines is 3. The molecule has 0 fully saturated rings. The van der Waals surface area contributed by atoms with Gasteiger partial charge in [0.25, 0.3) is 0 Å². The van der Waals surface area contributed by atoms with Gasteiger partial charge in [-0.3, -0.25) is 4.98 Å². The molecule has 0 aliphatic carbocycles. The van der Waals surface area contributed by atoms with Gasteiger partial charge in [-0.15, -0.1) is 0 Å². The Labute approximate surface area is 312 Å². The maximum Gasteiger partial charge on any atom is 0.159 e. The average molecular weight is 689 g/mol. The molecule has 0 unspecified atom stereocenters. The second kappa shape index (κ2) is 12.2. The van der Waals surface area contributed by atoms with E-state index in [4.69, 9.17) is 4.42 Å². The Morgan fingerprint density at radius 1 is 0.389 bits per heavy atom. The van der Waals surface area contributed by atoms with E-state index >= 15 is 0 Å². The van der Waals surface area contributed by atoms with Crippen LogP contribution >= 0.6 is 0 Å². The molecular weight excluding hydrogens is 657 g/mol. The van der Waals surface area contributed by atoms with E-state index in [1.54, 1.807) is 0 Å². The third-order valence-corrected chi connectivity index (χ3v) is 10.8. The average Bonchev–Trinajstić information content (AvgIpc) is 3.61. The molecule has 0 saturated heterocycles. The summed E-state index contributed by atoms with van der Waals surface area (Å²) in [5.74, 6) is 0. The van der Waals surface area contributed by atoms with Gasteiger partial charge in [-0.1, -0.05) is 127 Å². The topological polar surface area (TPSA) is 29.3 Å². The molecule has 0 spiro atoms. The molecule has 0 amide bonds. The molecule has 54 heavy (non-hydrogen) atoms. The van der Waals surface area contributed by atoms with Crippen LogP contribution in [0.2, 0.25) is 0 Å². The summed E-state index contributed by atoms with van der Waals surface area (Å²) < 4.78 is 6.80. The zero-order valence-corrected chi connectivity index (χ0v) is 29.3. The lowest BCUT2D eigenvalue weighted by Gasteiger charge is -2.26. The van der Waals surface area contributed by atoms with Gasteiger partial charge in [0.2, 0.25) is 0 Å². The molecule has 9 aromatic carbocycles. The van der Waals surface area contributed by atoms with E-state index in [0.717, 1.165) is 55.5 Å². The minimum absolute atomic E-state index is 0.836. The highest BCUT2D eigenvalue weighted by molar-refractivity contribution is 6.15. The van der Waals surface area contributed by atoms with Crippen molar-refractivity contribution in [3.63, 3.8) is 0 Å². The van der Waals surface area contributed by atoms with Crippen LogP contribution in [0.15, 0.2) is 199 Å². The maximum absolute atomic E-state index is 6.80. The summed E-state index contributed by atoms with van der Waals surface area (Å²) in [5.41, 5.74) is 10.4. The molecule has 0 N–H and O–H groups in total. The molecule has 11 rings (SSSR count). The van der Waals surface area contributed by atoms with Gasteiger partial charge >= 0.3 is 0 Å². The minimum atomic E-state index is 0.836. The Bertz CT molecular complexity index is 3230. The van der Waals surface area contributed by atoms with E-state index in [2.05, 4.69) is 192 Å². The van der Waals surface area contributed by atoms with Crippen molar-refractivity contribution >= 4 is 82.2 Å². The van der Waals surface area contributed by atoms with Gasteiger partial charge in [0.1, 0.15) is 5.58 Å². The lowest BCUT2D eigenvalue weighted by Crippen LogP contribution is -2.10. The van der Waals surface area contributed by atoms with Crippen molar-refractivity contribution in [2.24, 2.45) is 0 Å². The lowest BCUT2D eigenvalue weighted by atomic mass is 9.93. The standard InChI is InChI=1S/C51H32N2O/c1-2-11-35-28-36(22-21-33(35)10-1)34-23-25-40(26-24-34)53(49-20-8-19-45-47-32-48-39(14-9-27-52-48)31-50(47)54-51(45)49)41-15-7-13-37(29-41)46-30-38-12-3-4-16-42(38)43-17-5-6-18-44(43)46/h1-32H. The third kappa shape index (κ3) is 4.94. The summed E-state index contributed by atoms with van der Waals surface area (Å²) in [6.45, 7) is 0. The zero-order chi connectivity index (χ0) is 35.6. The summed E-state index contributed by atoms with van der Waals surface area (Å²) in [6, 6.07) is 67.5. The number of benzene rings is 9. The molecule has 0 radical (unpaired) electrons. The molecule has 2 heterocycles. The van der Waals surface area contributed by atoms with Crippen LogP contribution in [0, 0.1) is 0 Å². The van der Waals surface area contributed by atoms with Crippen LogP contribution in [0.3, 0.4) is 0 Å². The summed E-state index contributed by atoms with van der Waals surface area (Å²) in [4.78, 5) is 6.98. The molecule has 0 bridgehead atoms. The Hall–Kier alpha value is -7.23. The molecule has 3 nitrogen and oxygen atoms in total. The van der Waals surface area contributed by atoms with E-state index in [1.807, 2.05) is 12.3 Å². The molecule has 252 valence electrons. The third-order valence-electron chi connectivity index (χ3n) is 10.8. The first-order chi connectivity index (χ1) is 26.7. The van der Waals surface area contributed by atoms with E-state index in [1.165, 1.54) is 49.0 Å². The minimum Gasteiger partial charge on any atom is -0.454 e. The Balaban J connectivity index is 1.11. The summed E-state index contributed by atoms with van der Waals surface area (Å²) in [6.07, 6.45) is 1.84. The largest absolute Gasteiger partial charge is 0.454 e. The molecule has 2 aromatic heterocycles. The van der Waals surface area contributed by atoms with Gasteiger partial charge in [0.15, 0.2) is 5.58 Å². The quantitative estimate of drug-likeness (QED) is 0.169. The molecule has 0 aliphatic heterocycles. The predicted molar refractivity (Wildman–Crippen MR) is 227 cm³/mol. The van der Waals surface area contributed by atoms with E-state index in [0.29, 0.717) is 0 Å². The number of pyridine rings is 1. The summed E-state index contributed by atoms with van der Waals surface area (Å²) in [5, 5.41) is 10.6. The maximum atomic E-state index is 6.80. The monoisotopic (exact) mass is 688 g/mol. The van der Waals surface area contributed by atoms with Crippen molar-refractivity contribution in [2.45, 2.75) is 0 Å². The Morgan fingerprint density at radius 2 is 1.11 bits per heavy atom. The fourth-order valence-electron chi connectivity index (χ4n) is 8.23. The number of hydrogen-bond donors (Lipinski definition) is 0. The Morgan fingerprint density at radius 3 is 2.00 bits per heavy atom. The molecular formula is C51H32N2O. The number of rotatable bonds is 5. The smallest absolute Gasteiger partial charge is 0.159 e. The van der Waals surface area contributed by atoms with Gasteiger partial charge in [0.05, 0.1) is 11.2 Å². The first-order valence-electron chi connectivity index (χ1n) is 18.4. The van der Waals surface area contributed by atoms with Gasteiger partial charge < -0.3 is 9.32 Å². The second-order valence-corrected chi connectivity index (χ2v) is 14.0. The van der Waals surface area contributed by atoms with Crippen molar-refractivity contribution in [1.29, 1.82) is 0 Å². The van der Waals surface area contributed by atoms with Crippen molar-refractivity contribution < 1.29 is 4.42 Å². The van der Waals surface area contributed by atoms with Gasteiger partial charge in [-0.05, 0) is 115 Å². The lowest BCUT2D eigenvalue weighted by molar-refractivity contribution is 0.669. The number of nitrogens with zero attached hydrogens (tertiary/aromatic N) is 2. The predicted octanol–water partition coefficient (Wildman–Crippen LogP) is 14.4. The highest BCUT2D eigenvalue weighted by Gasteiger charge is 2.21. The normalized spacial score (nSPS) is 11.7. The van der Waals surface area contributed by atoms with Crippen LogP contribution in [-0.2, 0) is 0 Å². The molecule has 11 aromatic rings. The number of furan rings is 1. The van der Waals surface area contributed by atoms with Gasteiger partial charge in [-0.25, -0.2) is 0 Å². The molecule has 0 aliphatic rings. The fraction of sp³-hybridized carbons (Fsp3) is 0. The highest BCUT2D eigenvalue weighted by Crippen LogP contribution is 2.45. The molecule has 3 heteroatoms. The van der Waals surface area contributed by atoms with Crippen LogP contribution < -0.4 is 4.90 Å². The van der Waals surface area contributed by atoms with Crippen LogP contribution in [0.5, 0.6) is 0 Å². The van der Waals surface area contributed by atoms with Crippen LogP contribution in [0.1, 0.15) is 0 Å². The first-order valence-corrected chi connectivity index (χ1v) is 18.4. The van der Waals surface area contributed by atoms with Crippen LogP contribution in [0.25, 0.3) is 87.4 Å². The zero-order valence-electron chi connectivity index (χ0n) is 29.3. The SMILES string of the molecule is c1cc(-c2cc3ccccc3c3ccccc23)cc(N(c2ccc(-c3ccc4ccccc4c3)cc2)c2cccc3c2oc2cc4cccnc4cc23)c1. The molecule has 0 saturated carbocycles. The van der Waals surface area contributed by atoms with Crippen LogP contribution in [0.4, 0.5) is 17.1 Å². The fourth-order valence-corrected chi connectivity index (χ4v) is 8.23. The van der Waals surface area contributed by atoms with Crippen molar-refractivity contribution in [2.75, 3.05) is 4.90 Å². The summed E-state index contributed by atoms with van der Waals surface area (Å²) in [7, 11) is 0. The summed E-state index contributed by atoms with van der Waals surface area (Å²) >= 11 is 0. The van der Waals surface area contributed by atoms with Crippen LogP contribution in [-0.4, -0.2) is 4.98 Å². The number of aromatic nitrogens is 1. The van der Waals surface area contributed by atoms with E-state index in [9.17, 15) is 0 Å². The van der Waals surface area contributed by atoms with Crippen molar-refractivity contribution in [3.8, 4) is 22.3 Å². The number of para-hydroxylation sites is 1. The van der Waals surface area contributed by atoms with Gasteiger partial charge in [-0.2, -0.15) is 0 Å². The second-order valence-electron chi connectivity index (χ2n) is 14.0. The number of hydrogen-bond acceptors (Lipinski definition) is 3. The highest BCUT2D eigenvalue weighted by atomic mass is 16.3. The number of fused-ring (bicyclic) bond motifs is 8. The molecule has 0 atom stereocenters. The van der Waals surface area contributed by atoms with E-state index < -0.39 is 0 Å². The van der Waals surface area contributed by atoms with Crippen molar-refractivity contribution in [1.82, 2.24) is 4.98 Å².